The minimum atomic E-state index is -0.220. The third-order valence-electron chi connectivity index (χ3n) is 2.31. The van der Waals surface area contributed by atoms with E-state index >= 15 is 0 Å². The van der Waals surface area contributed by atoms with Gasteiger partial charge in [-0.15, -0.1) is 11.3 Å². The summed E-state index contributed by atoms with van der Waals surface area (Å²) in [6.07, 6.45) is 0. The summed E-state index contributed by atoms with van der Waals surface area (Å²) < 4.78 is 12.8. The zero-order valence-corrected chi connectivity index (χ0v) is 10.7. The molecule has 17 heavy (non-hydrogen) atoms. The monoisotopic (exact) mass is 250 g/mol. The van der Waals surface area contributed by atoms with Crippen LogP contribution in [0.3, 0.4) is 0 Å². The van der Waals surface area contributed by atoms with Crippen LogP contribution in [0.15, 0.2) is 29.6 Å². The van der Waals surface area contributed by atoms with Crippen LogP contribution >= 0.6 is 11.3 Å². The molecular weight excluding hydrogens is 235 g/mol. The van der Waals surface area contributed by atoms with E-state index in [9.17, 15) is 4.39 Å². The molecule has 4 heteroatoms. The lowest BCUT2D eigenvalue weighted by atomic mass is 10.2. The van der Waals surface area contributed by atoms with Crippen molar-refractivity contribution in [2.75, 3.05) is 11.9 Å². The molecule has 0 bridgehead atoms. The smallest absolute Gasteiger partial charge is 0.183 e. The zero-order valence-electron chi connectivity index (χ0n) is 9.90. The Kier molecular flexibility index (Phi) is 3.74. The van der Waals surface area contributed by atoms with Gasteiger partial charge in [-0.1, -0.05) is 13.8 Å². The van der Waals surface area contributed by atoms with Crippen molar-refractivity contribution in [2.24, 2.45) is 5.92 Å². The molecule has 0 fully saturated rings. The first-order valence-electron chi connectivity index (χ1n) is 5.60. The molecule has 1 heterocycles. The van der Waals surface area contributed by atoms with Gasteiger partial charge in [0.05, 0.1) is 5.69 Å². The number of anilines is 1. The molecule has 0 saturated heterocycles. The van der Waals surface area contributed by atoms with Crippen LogP contribution in [0.2, 0.25) is 0 Å². The number of halogens is 1. The SMILES string of the molecule is CC(C)CNc1nc(-c2ccc(F)cc2)cs1. The summed E-state index contributed by atoms with van der Waals surface area (Å²) in [5.41, 5.74) is 1.83. The van der Waals surface area contributed by atoms with Gasteiger partial charge in [0, 0.05) is 17.5 Å². The molecule has 90 valence electrons. The van der Waals surface area contributed by atoms with E-state index in [-0.39, 0.29) is 5.82 Å². The normalized spacial score (nSPS) is 10.8. The third-order valence-corrected chi connectivity index (χ3v) is 3.11. The van der Waals surface area contributed by atoms with Crippen molar-refractivity contribution in [3.63, 3.8) is 0 Å². The van der Waals surface area contributed by atoms with Gasteiger partial charge >= 0.3 is 0 Å². The Bertz CT molecular complexity index is 476. The standard InChI is InChI=1S/C13H15FN2S/c1-9(2)7-15-13-16-12(8-17-13)10-3-5-11(14)6-4-10/h3-6,8-9H,7H2,1-2H3,(H,15,16). The van der Waals surface area contributed by atoms with Gasteiger partial charge in [-0.2, -0.15) is 0 Å². The zero-order chi connectivity index (χ0) is 12.3. The van der Waals surface area contributed by atoms with Gasteiger partial charge in [0.1, 0.15) is 5.82 Å². The van der Waals surface area contributed by atoms with E-state index in [0.29, 0.717) is 5.92 Å². The molecule has 0 aliphatic heterocycles. The van der Waals surface area contributed by atoms with E-state index < -0.39 is 0 Å². The Labute approximate surface area is 105 Å². The molecule has 0 saturated carbocycles. The van der Waals surface area contributed by atoms with Crippen molar-refractivity contribution in [1.29, 1.82) is 0 Å². The molecule has 0 aliphatic rings. The van der Waals surface area contributed by atoms with Crippen LogP contribution in [0.25, 0.3) is 11.3 Å². The average Bonchev–Trinajstić information content (AvgIpc) is 2.76. The summed E-state index contributed by atoms with van der Waals surface area (Å²) in [5.74, 6) is 0.371. The van der Waals surface area contributed by atoms with Crippen molar-refractivity contribution in [3.05, 3.63) is 35.5 Å². The molecule has 1 aromatic heterocycles. The number of rotatable bonds is 4. The van der Waals surface area contributed by atoms with Gasteiger partial charge in [-0.3, -0.25) is 0 Å². The van der Waals surface area contributed by atoms with E-state index in [1.54, 1.807) is 23.5 Å². The minimum absolute atomic E-state index is 0.220. The molecule has 2 nitrogen and oxygen atoms in total. The molecule has 0 atom stereocenters. The van der Waals surface area contributed by atoms with Crippen molar-refractivity contribution in [1.82, 2.24) is 4.98 Å². The Morgan fingerprint density at radius 1 is 1.29 bits per heavy atom. The van der Waals surface area contributed by atoms with Gasteiger partial charge in [0.15, 0.2) is 5.13 Å². The first-order valence-corrected chi connectivity index (χ1v) is 6.48. The number of hydrogen-bond donors (Lipinski definition) is 1. The highest BCUT2D eigenvalue weighted by Crippen LogP contribution is 2.25. The summed E-state index contributed by atoms with van der Waals surface area (Å²) in [5, 5.41) is 6.18. The number of aromatic nitrogens is 1. The first kappa shape index (κ1) is 12.0. The van der Waals surface area contributed by atoms with E-state index in [1.165, 1.54) is 12.1 Å². The fraction of sp³-hybridized carbons (Fsp3) is 0.308. The topological polar surface area (TPSA) is 24.9 Å². The van der Waals surface area contributed by atoms with Gasteiger partial charge in [-0.05, 0) is 30.2 Å². The van der Waals surface area contributed by atoms with Gasteiger partial charge in [0.2, 0.25) is 0 Å². The highest BCUT2D eigenvalue weighted by molar-refractivity contribution is 7.14. The van der Waals surface area contributed by atoms with Crippen molar-refractivity contribution < 1.29 is 4.39 Å². The van der Waals surface area contributed by atoms with Gasteiger partial charge in [-0.25, -0.2) is 9.37 Å². The molecule has 1 N–H and O–H groups in total. The van der Waals surface area contributed by atoms with Crippen molar-refractivity contribution in [3.8, 4) is 11.3 Å². The molecule has 0 radical (unpaired) electrons. The molecule has 2 rings (SSSR count). The summed E-state index contributed by atoms with van der Waals surface area (Å²) in [6.45, 7) is 5.22. The number of nitrogens with zero attached hydrogens (tertiary/aromatic N) is 1. The van der Waals surface area contributed by atoms with Gasteiger partial charge in [0.25, 0.3) is 0 Å². The quantitative estimate of drug-likeness (QED) is 0.886. The van der Waals surface area contributed by atoms with Crippen molar-refractivity contribution in [2.45, 2.75) is 13.8 Å². The predicted octanol–water partition coefficient (Wildman–Crippen LogP) is 4.02. The Morgan fingerprint density at radius 3 is 2.65 bits per heavy atom. The van der Waals surface area contributed by atoms with Crippen LogP contribution in [-0.4, -0.2) is 11.5 Å². The molecule has 0 amide bonds. The number of thiazole rings is 1. The van der Waals surface area contributed by atoms with Crippen molar-refractivity contribution >= 4 is 16.5 Å². The molecule has 2 aromatic rings. The summed E-state index contributed by atoms with van der Waals surface area (Å²) in [7, 11) is 0. The summed E-state index contributed by atoms with van der Waals surface area (Å²) in [6, 6.07) is 6.40. The molecular formula is C13H15FN2S. The van der Waals surface area contributed by atoms with E-state index in [1.807, 2.05) is 5.38 Å². The number of hydrogen-bond acceptors (Lipinski definition) is 3. The largest absolute Gasteiger partial charge is 0.361 e. The molecule has 0 aliphatic carbocycles. The maximum Gasteiger partial charge on any atom is 0.183 e. The third kappa shape index (κ3) is 3.27. The van der Waals surface area contributed by atoms with Crippen LogP contribution in [0.5, 0.6) is 0 Å². The second-order valence-corrected chi connectivity index (χ2v) is 5.18. The maximum absolute atomic E-state index is 12.8. The average molecular weight is 250 g/mol. The Morgan fingerprint density at radius 2 is 2.00 bits per heavy atom. The van der Waals surface area contributed by atoms with Crippen LogP contribution in [0.4, 0.5) is 9.52 Å². The second kappa shape index (κ2) is 5.27. The lowest BCUT2D eigenvalue weighted by Gasteiger charge is -2.04. The van der Waals surface area contributed by atoms with E-state index in [0.717, 1.165) is 22.9 Å². The predicted molar refractivity (Wildman–Crippen MR) is 70.8 cm³/mol. The first-order chi connectivity index (χ1) is 8.15. The van der Waals surface area contributed by atoms with Crippen LogP contribution < -0.4 is 5.32 Å². The van der Waals surface area contributed by atoms with Gasteiger partial charge < -0.3 is 5.32 Å². The van der Waals surface area contributed by atoms with Crippen LogP contribution in [-0.2, 0) is 0 Å². The molecule has 0 spiro atoms. The molecule has 0 unspecified atom stereocenters. The van der Waals surface area contributed by atoms with Crippen LogP contribution in [0, 0.1) is 11.7 Å². The Balaban J connectivity index is 2.10. The number of benzene rings is 1. The fourth-order valence-electron chi connectivity index (χ4n) is 1.40. The van der Waals surface area contributed by atoms with Crippen LogP contribution in [0.1, 0.15) is 13.8 Å². The van der Waals surface area contributed by atoms with E-state index in [2.05, 4.69) is 24.1 Å². The number of nitrogens with one attached hydrogen (secondary N) is 1. The lowest BCUT2D eigenvalue weighted by molar-refractivity contribution is 0.628. The summed E-state index contributed by atoms with van der Waals surface area (Å²) in [4.78, 5) is 4.47. The lowest BCUT2D eigenvalue weighted by Crippen LogP contribution is -2.07. The summed E-state index contributed by atoms with van der Waals surface area (Å²) >= 11 is 1.57. The second-order valence-electron chi connectivity index (χ2n) is 4.32. The maximum atomic E-state index is 12.8. The fourth-order valence-corrected chi connectivity index (χ4v) is 2.13. The molecule has 1 aromatic carbocycles. The Hall–Kier alpha value is -1.42. The van der Waals surface area contributed by atoms with E-state index in [4.69, 9.17) is 0 Å². The minimum Gasteiger partial charge on any atom is -0.361 e. The highest BCUT2D eigenvalue weighted by atomic mass is 32.1. The highest BCUT2D eigenvalue weighted by Gasteiger charge is 2.04.